The second kappa shape index (κ2) is 8.37. The number of carbonyl (C=O) groups is 2. The number of fused-ring (bicyclic) bond motifs is 2. The van der Waals surface area contributed by atoms with Gasteiger partial charge in [-0.2, -0.15) is 0 Å². The van der Waals surface area contributed by atoms with Crippen molar-refractivity contribution in [3.05, 3.63) is 42.0 Å². The molecular weight excluding hydrogens is 400 g/mol. The average Bonchev–Trinajstić information content (AvgIpc) is 3.27. The first-order valence-corrected chi connectivity index (χ1v) is 10.5. The van der Waals surface area contributed by atoms with Gasteiger partial charge in [-0.15, -0.1) is 0 Å². The predicted octanol–water partition coefficient (Wildman–Crippen LogP) is 2.61. The van der Waals surface area contributed by atoms with Gasteiger partial charge in [0.15, 0.2) is 23.0 Å². The van der Waals surface area contributed by atoms with E-state index in [-0.39, 0.29) is 24.5 Å². The van der Waals surface area contributed by atoms with Crippen LogP contribution in [0, 0.1) is 5.92 Å². The van der Waals surface area contributed by atoms with Crippen molar-refractivity contribution >= 4 is 17.5 Å². The SMILES string of the molecule is O=C(Nc1ccc2c(c1)OCO2)C1CCN(C(=O)Cc2ccc3c(c2)OCCO3)CC1. The van der Waals surface area contributed by atoms with Gasteiger partial charge in [0.05, 0.1) is 6.42 Å². The lowest BCUT2D eigenvalue weighted by Gasteiger charge is -2.31. The Morgan fingerprint density at radius 3 is 2.39 bits per heavy atom. The molecule has 1 fully saturated rings. The molecule has 0 radical (unpaired) electrons. The maximum atomic E-state index is 12.7. The highest BCUT2D eigenvalue weighted by atomic mass is 16.7. The number of nitrogens with zero attached hydrogens (tertiary/aromatic N) is 1. The first-order valence-electron chi connectivity index (χ1n) is 10.5. The Hall–Kier alpha value is -3.42. The highest BCUT2D eigenvalue weighted by Gasteiger charge is 2.28. The fraction of sp³-hybridized carbons (Fsp3) is 0.391. The summed E-state index contributed by atoms with van der Waals surface area (Å²) in [6.07, 6.45) is 1.59. The van der Waals surface area contributed by atoms with Gasteiger partial charge in [-0.3, -0.25) is 9.59 Å². The third-order valence-corrected chi connectivity index (χ3v) is 5.82. The second-order valence-corrected chi connectivity index (χ2v) is 7.87. The summed E-state index contributed by atoms with van der Waals surface area (Å²) in [4.78, 5) is 27.2. The molecule has 5 rings (SSSR count). The number of nitrogens with one attached hydrogen (secondary N) is 1. The van der Waals surface area contributed by atoms with E-state index in [1.807, 2.05) is 23.1 Å². The first-order chi connectivity index (χ1) is 15.2. The standard InChI is InChI=1S/C23H24N2O6/c26-22(12-15-1-3-18-20(11-15)29-10-9-28-18)25-7-5-16(6-8-25)23(27)24-17-2-4-19-21(13-17)31-14-30-19/h1-4,11,13,16H,5-10,12,14H2,(H,24,27). The number of rotatable bonds is 4. The summed E-state index contributed by atoms with van der Waals surface area (Å²) >= 11 is 0. The molecule has 1 N–H and O–H groups in total. The van der Waals surface area contributed by atoms with Gasteiger partial charge in [0.2, 0.25) is 18.6 Å². The number of amides is 2. The van der Waals surface area contributed by atoms with Gasteiger partial charge in [-0.25, -0.2) is 0 Å². The third-order valence-electron chi connectivity index (χ3n) is 5.82. The molecular formula is C23H24N2O6. The molecule has 0 atom stereocenters. The van der Waals surface area contributed by atoms with Crippen molar-refractivity contribution in [2.45, 2.75) is 19.3 Å². The van der Waals surface area contributed by atoms with Crippen LogP contribution in [0.5, 0.6) is 23.0 Å². The minimum atomic E-state index is -0.122. The number of anilines is 1. The van der Waals surface area contributed by atoms with Crippen molar-refractivity contribution in [1.82, 2.24) is 4.90 Å². The number of ether oxygens (including phenoxy) is 4. The zero-order valence-electron chi connectivity index (χ0n) is 17.1. The van der Waals surface area contributed by atoms with Crippen molar-refractivity contribution in [1.29, 1.82) is 0 Å². The Bertz CT molecular complexity index is 1000. The van der Waals surface area contributed by atoms with E-state index in [1.54, 1.807) is 18.2 Å². The Morgan fingerprint density at radius 1 is 0.871 bits per heavy atom. The van der Waals surface area contributed by atoms with Crippen LogP contribution in [0.25, 0.3) is 0 Å². The summed E-state index contributed by atoms with van der Waals surface area (Å²) < 4.78 is 21.8. The molecule has 3 aliphatic rings. The molecule has 0 spiro atoms. The van der Waals surface area contributed by atoms with Crippen LogP contribution < -0.4 is 24.3 Å². The molecule has 0 bridgehead atoms. The van der Waals surface area contributed by atoms with E-state index in [2.05, 4.69) is 5.32 Å². The number of carbonyl (C=O) groups excluding carboxylic acids is 2. The molecule has 0 aromatic heterocycles. The van der Waals surface area contributed by atoms with Crippen LogP contribution in [-0.2, 0) is 16.0 Å². The van der Waals surface area contributed by atoms with Gasteiger partial charge in [0.1, 0.15) is 13.2 Å². The summed E-state index contributed by atoms with van der Waals surface area (Å²) in [6.45, 7) is 2.41. The maximum absolute atomic E-state index is 12.7. The summed E-state index contributed by atoms with van der Waals surface area (Å²) in [5.41, 5.74) is 1.59. The highest BCUT2D eigenvalue weighted by Crippen LogP contribution is 2.35. The van der Waals surface area contributed by atoms with Crippen LogP contribution in [-0.4, -0.2) is 49.8 Å². The number of hydrogen-bond acceptors (Lipinski definition) is 6. The van der Waals surface area contributed by atoms with Gasteiger partial charge in [-0.1, -0.05) is 6.07 Å². The minimum absolute atomic E-state index is 0.0298. The first kappa shape index (κ1) is 19.5. The van der Waals surface area contributed by atoms with Crippen molar-refractivity contribution in [3.63, 3.8) is 0 Å². The molecule has 162 valence electrons. The predicted molar refractivity (Wildman–Crippen MR) is 112 cm³/mol. The molecule has 8 heteroatoms. The van der Waals surface area contributed by atoms with E-state index in [1.165, 1.54) is 0 Å². The normalized spacial score (nSPS) is 17.4. The number of benzene rings is 2. The largest absolute Gasteiger partial charge is 0.486 e. The highest BCUT2D eigenvalue weighted by molar-refractivity contribution is 5.93. The molecule has 2 aromatic carbocycles. The quantitative estimate of drug-likeness (QED) is 0.812. The molecule has 0 aliphatic carbocycles. The second-order valence-electron chi connectivity index (χ2n) is 7.87. The molecule has 2 amide bonds. The van der Waals surface area contributed by atoms with Crippen LogP contribution >= 0.6 is 0 Å². The third kappa shape index (κ3) is 4.23. The van der Waals surface area contributed by atoms with Crippen LogP contribution in [0.2, 0.25) is 0 Å². The summed E-state index contributed by atoms with van der Waals surface area (Å²) in [6, 6.07) is 11.0. The van der Waals surface area contributed by atoms with Gasteiger partial charge in [0.25, 0.3) is 0 Å². The molecule has 2 aromatic rings. The lowest BCUT2D eigenvalue weighted by Crippen LogP contribution is -2.42. The molecule has 31 heavy (non-hydrogen) atoms. The minimum Gasteiger partial charge on any atom is -0.486 e. The smallest absolute Gasteiger partial charge is 0.231 e. The Morgan fingerprint density at radius 2 is 1.55 bits per heavy atom. The molecule has 3 heterocycles. The molecule has 8 nitrogen and oxygen atoms in total. The van der Waals surface area contributed by atoms with E-state index in [0.29, 0.717) is 68.5 Å². The van der Waals surface area contributed by atoms with Crippen molar-refractivity contribution in [2.75, 3.05) is 38.4 Å². The Balaban J connectivity index is 1.13. The molecule has 1 saturated heterocycles. The number of hydrogen-bond donors (Lipinski definition) is 1. The van der Waals surface area contributed by atoms with Crippen LogP contribution in [0.4, 0.5) is 5.69 Å². The lowest BCUT2D eigenvalue weighted by atomic mass is 9.95. The van der Waals surface area contributed by atoms with E-state index in [4.69, 9.17) is 18.9 Å². The fourth-order valence-electron chi connectivity index (χ4n) is 4.09. The van der Waals surface area contributed by atoms with E-state index < -0.39 is 0 Å². The topological polar surface area (TPSA) is 86.3 Å². The van der Waals surface area contributed by atoms with Crippen molar-refractivity contribution in [2.24, 2.45) is 5.92 Å². The zero-order valence-corrected chi connectivity index (χ0v) is 17.1. The Labute approximate surface area is 180 Å². The number of piperidine rings is 1. The Kier molecular flexibility index (Phi) is 5.28. The fourth-order valence-corrected chi connectivity index (χ4v) is 4.09. The van der Waals surface area contributed by atoms with E-state index >= 15 is 0 Å². The monoisotopic (exact) mass is 424 g/mol. The van der Waals surface area contributed by atoms with Gasteiger partial charge < -0.3 is 29.2 Å². The molecule has 0 saturated carbocycles. The zero-order chi connectivity index (χ0) is 21.2. The van der Waals surface area contributed by atoms with Crippen molar-refractivity contribution in [3.8, 4) is 23.0 Å². The average molecular weight is 424 g/mol. The summed E-state index contributed by atoms with van der Waals surface area (Å²) in [5.74, 6) is 2.64. The lowest BCUT2D eigenvalue weighted by molar-refractivity contribution is -0.133. The van der Waals surface area contributed by atoms with E-state index in [0.717, 1.165) is 11.3 Å². The number of likely N-dealkylation sites (tertiary alicyclic amines) is 1. The maximum Gasteiger partial charge on any atom is 0.231 e. The van der Waals surface area contributed by atoms with Gasteiger partial charge in [-0.05, 0) is 42.7 Å². The summed E-state index contributed by atoms with van der Waals surface area (Å²) in [5, 5.41) is 2.95. The van der Waals surface area contributed by atoms with Crippen molar-refractivity contribution < 1.29 is 28.5 Å². The van der Waals surface area contributed by atoms with Crippen LogP contribution in [0.15, 0.2) is 36.4 Å². The van der Waals surface area contributed by atoms with E-state index in [9.17, 15) is 9.59 Å². The van der Waals surface area contributed by atoms with Crippen LogP contribution in [0.3, 0.4) is 0 Å². The van der Waals surface area contributed by atoms with Gasteiger partial charge >= 0.3 is 0 Å². The molecule has 3 aliphatic heterocycles. The summed E-state index contributed by atoms with van der Waals surface area (Å²) in [7, 11) is 0. The molecule has 0 unspecified atom stereocenters. The van der Waals surface area contributed by atoms with Crippen LogP contribution in [0.1, 0.15) is 18.4 Å². The van der Waals surface area contributed by atoms with Gasteiger partial charge in [0, 0.05) is 30.8 Å².